The predicted octanol–water partition coefficient (Wildman–Crippen LogP) is 6.30. The summed E-state index contributed by atoms with van der Waals surface area (Å²) in [6.07, 6.45) is 15.1. The van der Waals surface area contributed by atoms with Crippen LogP contribution in [-0.4, -0.2) is 13.0 Å². The number of hydrogen-bond donors (Lipinski definition) is 1. The quantitative estimate of drug-likeness (QED) is 0.600. The Morgan fingerprint density at radius 2 is 1.68 bits per heavy atom. The van der Waals surface area contributed by atoms with Crippen molar-refractivity contribution in [1.82, 2.24) is 0 Å². The summed E-state index contributed by atoms with van der Waals surface area (Å²) in [5.41, 5.74) is 1.36. The Kier molecular flexibility index (Phi) is 6.66. The number of benzene rings is 1. The highest BCUT2D eigenvalue weighted by molar-refractivity contribution is 7.86. The third-order valence-corrected chi connectivity index (χ3v) is 7.35. The van der Waals surface area contributed by atoms with Crippen molar-refractivity contribution in [2.75, 3.05) is 0 Å². The molecular weight excluding hydrogens is 372 g/mol. The summed E-state index contributed by atoms with van der Waals surface area (Å²) in [7, 11) is -4.34. The maximum absolute atomic E-state index is 11.7. The number of hydrogen-bond acceptors (Lipinski definition) is 3. The van der Waals surface area contributed by atoms with Gasteiger partial charge >= 0.3 is 0 Å². The van der Waals surface area contributed by atoms with Crippen molar-refractivity contribution in [2.24, 2.45) is 11.3 Å². The van der Waals surface area contributed by atoms with Crippen LogP contribution in [0.3, 0.4) is 0 Å². The topological polar surface area (TPSA) is 63.6 Å². The zero-order chi connectivity index (χ0) is 20.2. The van der Waals surface area contributed by atoms with Gasteiger partial charge in [0.25, 0.3) is 10.1 Å². The Morgan fingerprint density at radius 3 is 2.39 bits per heavy atom. The smallest absolute Gasteiger partial charge is 0.298 e. The fourth-order valence-corrected chi connectivity index (χ4v) is 5.05. The van der Waals surface area contributed by atoms with Crippen LogP contribution >= 0.6 is 0 Å². The first-order valence-corrected chi connectivity index (χ1v) is 11.9. The van der Waals surface area contributed by atoms with Crippen molar-refractivity contribution in [3.8, 4) is 5.75 Å². The minimum atomic E-state index is -4.34. The molecule has 2 atom stereocenters. The zero-order valence-electron chi connectivity index (χ0n) is 17.0. The van der Waals surface area contributed by atoms with E-state index in [4.69, 9.17) is 4.74 Å². The van der Waals surface area contributed by atoms with Crippen molar-refractivity contribution in [3.05, 3.63) is 47.7 Å². The molecular formula is C23H32O4S. The van der Waals surface area contributed by atoms with Gasteiger partial charge in [-0.05, 0) is 54.4 Å². The zero-order valence-corrected chi connectivity index (χ0v) is 17.8. The van der Waals surface area contributed by atoms with Crippen LogP contribution in [0.25, 0.3) is 0 Å². The fraction of sp³-hybridized carbons (Fsp3) is 0.565. The summed E-state index contributed by atoms with van der Waals surface area (Å²) in [4.78, 5) is -0.189. The molecule has 1 aromatic rings. The molecule has 1 N–H and O–H groups in total. The van der Waals surface area contributed by atoms with Crippen molar-refractivity contribution < 1.29 is 17.7 Å². The van der Waals surface area contributed by atoms with E-state index >= 15 is 0 Å². The molecule has 1 fully saturated rings. The molecule has 0 aliphatic heterocycles. The average Bonchev–Trinajstić information content (AvgIpc) is 2.64. The van der Waals surface area contributed by atoms with Gasteiger partial charge in [-0.2, -0.15) is 8.42 Å². The summed E-state index contributed by atoms with van der Waals surface area (Å²) in [6, 6.07) is 6.27. The predicted molar refractivity (Wildman–Crippen MR) is 112 cm³/mol. The molecule has 2 bridgehead atoms. The Bertz CT molecular complexity index is 853. The monoisotopic (exact) mass is 404 g/mol. The average molecular weight is 405 g/mol. The maximum Gasteiger partial charge on any atom is 0.298 e. The van der Waals surface area contributed by atoms with Gasteiger partial charge in [0.05, 0.1) is 0 Å². The normalized spacial score (nSPS) is 27.0. The van der Waals surface area contributed by atoms with Crippen LogP contribution in [0.1, 0.15) is 71.6 Å². The van der Waals surface area contributed by atoms with Gasteiger partial charge in [-0.1, -0.05) is 70.6 Å². The van der Waals surface area contributed by atoms with E-state index in [-0.39, 0.29) is 16.1 Å². The summed E-state index contributed by atoms with van der Waals surface area (Å²) in [5, 5.41) is 0. The second-order valence-corrected chi connectivity index (χ2v) is 9.84. The third-order valence-electron chi connectivity index (χ3n) is 6.45. The highest BCUT2D eigenvalue weighted by atomic mass is 32.2. The molecule has 3 rings (SSSR count). The standard InChI is InChI=1S/C23H32O4S/c1-18-19-12-8-6-4-3-5-7-11-16-23(18,2)17-15-20(19)27-21-13-9-10-14-22(21)28(24,25)26/h9-10,13-15,17-18H,3-8,11-12,16H2,1-2H3,(H,24,25,26). The van der Waals surface area contributed by atoms with Gasteiger partial charge in [0.15, 0.2) is 0 Å². The third kappa shape index (κ3) is 4.87. The van der Waals surface area contributed by atoms with Crippen LogP contribution < -0.4 is 4.74 Å². The minimum absolute atomic E-state index is 0.101. The number of para-hydroxylation sites is 1. The van der Waals surface area contributed by atoms with E-state index in [1.165, 1.54) is 50.2 Å². The molecule has 1 aromatic carbocycles. The molecule has 0 radical (unpaired) electrons. The van der Waals surface area contributed by atoms with E-state index in [2.05, 4.69) is 19.9 Å². The first-order chi connectivity index (χ1) is 13.3. The van der Waals surface area contributed by atoms with E-state index in [0.717, 1.165) is 25.0 Å². The van der Waals surface area contributed by atoms with Crippen molar-refractivity contribution in [3.63, 3.8) is 0 Å². The van der Waals surface area contributed by atoms with Gasteiger partial charge in [-0.3, -0.25) is 4.55 Å². The lowest BCUT2D eigenvalue weighted by atomic mass is 9.67. The van der Waals surface area contributed by atoms with E-state index in [1.54, 1.807) is 18.2 Å². The first kappa shape index (κ1) is 21.1. The number of allylic oxidation sites excluding steroid dienone is 3. The molecule has 4 nitrogen and oxygen atoms in total. The van der Waals surface area contributed by atoms with Crippen LogP contribution in [0, 0.1) is 11.3 Å². The fourth-order valence-electron chi connectivity index (χ4n) is 4.44. The second-order valence-electron chi connectivity index (χ2n) is 8.45. The van der Waals surface area contributed by atoms with E-state index < -0.39 is 10.1 Å². The maximum atomic E-state index is 11.7. The molecule has 0 saturated heterocycles. The van der Waals surface area contributed by atoms with E-state index in [9.17, 15) is 13.0 Å². The van der Waals surface area contributed by atoms with E-state index in [0.29, 0.717) is 5.92 Å². The Balaban J connectivity index is 1.94. The Labute approximate surface area is 169 Å². The molecule has 2 aliphatic carbocycles. The molecule has 2 unspecified atom stereocenters. The van der Waals surface area contributed by atoms with Crippen molar-refractivity contribution in [2.45, 2.75) is 76.5 Å². The summed E-state index contributed by atoms with van der Waals surface area (Å²) in [6.45, 7) is 4.59. The second kappa shape index (κ2) is 8.83. The summed E-state index contributed by atoms with van der Waals surface area (Å²) < 4.78 is 39.1. The lowest BCUT2D eigenvalue weighted by Gasteiger charge is -2.39. The van der Waals surface area contributed by atoms with Gasteiger partial charge in [-0.25, -0.2) is 0 Å². The minimum Gasteiger partial charge on any atom is -0.456 e. The number of rotatable bonds is 3. The number of ether oxygens (including phenoxy) is 1. The molecule has 0 amide bonds. The SMILES string of the molecule is CC1C2=C(Oc3ccccc3S(=O)(=O)O)C=CC1(C)CCCCCCCCC2. The highest BCUT2D eigenvalue weighted by Crippen LogP contribution is 2.46. The molecule has 154 valence electrons. The van der Waals surface area contributed by atoms with Gasteiger partial charge < -0.3 is 4.74 Å². The molecule has 0 aromatic heterocycles. The van der Waals surface area contributed by atoms with Gasteiger partial charge in [-0.15, -0.1) is 0 Å². The lowest BCUT2D eigenvalue weighted by Crippen LogP contribution is -2.29. The molecule has 5 heteroatoms. The van der Waals surface area contributed by atoms with Crippen molar-refractivity contribution in [1.29, 1.82) is 0 Å². The summed E-state index contributed by atoms with van der Waals surface area (Å²) >= 11 is 0. The molecule has 0 heterocycles. The van der Waals surface area contributed by atoms with Crippen LogP contribution in [0.5, 0.6) is 5.75 Å². The van der Waals surface area contributed by atoms with Gasteiger partial charge in [0.2, 0.25) is 0 Å². The van der Waals surface area contributed by atoms with E-state index in [1.807, 2.05) is 6.08 Å². The first-order valence-electron chi connectivity index (χ1n) is 10.5. The van der Waals surface area contributed by atoms with Crippen LogP contribution in [0.15, 0.2) is 52.6 Å². The number of fused-ring (bicyclic) bond motifs is 2. The molecule has 0 spiro atoms. The van der Waals surface area contributed by atoms with Gasteiger partial charge in [0.1, 0.15) is 16.4 Å². The van der Waals surface area contributed by atoms with Crippen LogP contribution in [0.2, 0.25) is 0 Å². The summed E-state index contributed by atoms with van der Waals surface area (Å²) in [5.74, 6) is 1.25. The molecule has 28 heavy (non-hydrogen) atoms. The Morgan fingerprint density at radius 1 is 1.04 bits per heavy atom. The van der Waals surface area contributed by atoms with Crippen LogP contribution in [-0.2, 0) is 10.1 Å². The van der Waals surface area contributed by atoms with Crippen molar-refractivity contribution >= 4 is 10.1 Å². The van der Waals surface area contributed by atoms with Crippen LogP contribution in [0.4, 0.5) is 0 Å². The highest BCUT2D eigenvalue weighted by Gasteiger charge is 2.35. The van der Waals surface area contributed by atoms with Gasteiger partial charge in [0, 0.05) is 0 Å². The molecule has 1 saturated carbocycles. The molecule has 2 aliphatic rings. The lowest BCUT2D eigenvalue weighted by molar-refractivity contribution is 0.252. The Hall–Kier alpha value is -1.59. The largest absolute Gasteiger partial charge is 0.456 e.